The topological polar surface area (TPSA) is 56.9 Å². The summed E-state index contributed by atoms with van der Waals surface area (Å²) in [5.74, 6) is 5.69. The van der Waals surface area contributed by atoms with E-state index in [1.807, 2.05) is 0 Å². The molecule has 0 N–H and O–H groups in total. The van der Waals surface area contributed by atoms with Crippen molar-refractivity contribution in [2.75, 3.05) is 0 Å². The van der Waals surface area contributed by atoms with E-state index in [4.69, 9.17) is 0 Å². The van der Waals surface area contributed by atoms with E-state index in [0.717, 1.165) is 4.57 Å². The van der Waals surface area contributed by atoms with Crippen LogP contribution < -0.4 is 11.2 Å². The number of rotatable bonds is 0. The summed E-state index contributed by atoms with van der Waals surface area (Å²) in [6.07, 6.45) is 3.26. The van der Waals surface area contributed by atoms with E-state index in [2.05, 4.69) is 32.8 Å². The Kier molecular flexibility index (Phi) is 3.67. The minimum absolute atomic E-state index is 0.272. The van der Waals surface area contributed by atoms with Crippen LogP contribution in [-0.2, 0) is 14.1 Å². The number of aromatic nitrogens is 3. The van der Waals surface area contributed by atoms with Crippen molar-refractivity contribution in [3.63, 3.8) is 0 Å². The molecular weight excluding hydrogens is 310 g/mol. The maximum absolute atomic E-state index is 11.8. The first-order valence-electron chi connectivity index (χ1n) is 5.40. The first-order valence-corrected chi connectivity index (χ1v) is 6.19. The first-order chi connectivity index (χ1) is 9.02. The molecule has 0 fully saturated rings. The predicted molar refractivity (Wildman–Crippen MR) is 74.8 cm³/mol. The van der Waals surface area contributed by atoms with Crippen molar-refractivity contribution in [3.8, 4) is 11.8 Å². The molecule has 0 radical (unpaired) electrons. The van der Waals surface area contributed by atoms with Gasteiger partial charge in [0, 0.05) is 32.1 Å². The van der Waals surface area contributed by atoms with E-state index in [1.54, 1.807) is 31.6 Å². The molecule has 0 aromatic carbocycles. The number of hydrogen-bond donors (Lipinski definition) is 0. The number of halogens is 1. The lowest BCUT2D eigenvalue weighted by Gasteiger charge is -2.06. The summed E-state index contributed by atoms with van der Waals surface area (Å²) in [6, 6.07) is 3.56. The SMILES string of the molecule is Cn1c(C#Cc2cccnc2)c(Br)c(=O)n(C)c1=O. The van der Waals surface area contributed by atoms with Gasteiger partial charge in [-0.25, -0.2) is 4.79 Å². The zero-order valence-corrected chi connectivity index (χ0v) is 11.9. The highest BCUT2D eigenvalue weighted by Gasteiger charge is 2.10. The second-order valence-electron chi connectivity index (χ2n) is 3.86. The predicted octanol–water partition coefficient (Wildman–Crippen LogP) is 0.641. The van der Waals surface area contributed by atoms with Crippen molar-refractivity contribution in [1.82, 2.24) is 14.1 Å². The van der Waals surface area contributed by atoms with Gasteiger partial charge in [0.25, 0.3) is 5.56 Å². The molecule has 2 heterocycles. The van der Waals surface area contributed by atoms with Crippen LogP contribution in [0.3, 0.4) is 0 Å². The summed E-state index contributed by atoms with van der Waals surface area (Å²) < 4.78 is 2.63. The lowest BCUT2D eigenvalue weighted by molar-refractivity contribution is 0.673. The molecule has 0 aliphatic carbocycles. The third-order valence-electron chi connectivity index (χ3n) is 2.60. The van der Waals surface area contributed by atoms with Crippen LogP contribution in [0.1, 0.15) is 11.3 Å². The fraction of sp³-hybridized carbons (Fsp3) is 0.154. The molecule has 96 valence electrons. The monoisotopic (exact) mass is 319 g/mol. The lowest BCUT2D eigenvalue weighted by Crippen LogP contribution is -2.38. The average molecular weight is 320 g/mol. The molecule has 0 aliphatic heterocycles. The quantitative estimate of drug-likeness (QED) is 0.670. The summed E-state index contributed by atoms with van der Waals surface area (Å²) in [5.41, 5.74) is 0.238. The molecule has 0 bridgehead atoms. The molecule has 6 heteroatoms. The highest BCUT2D eigenvalue weighted by Crippen LogP contribution is 2.07. The second kappa shape index (κ2) is 5.24. The van der Waals surface area contributed by atoms with Crippen molar-refractivity contribution < 1.29 is 0 Å². The maximum Gasteiger partial charge on any atom is 0.331 e. The van der Waals surface area contributed by atoms with E-state index in [9.17, 15) is 9.59 Å². The minimum Gasteiger partial charge on any atom is -0.288 e. The van der Waals surface area contributed by atoms with E-state index in [0.29, 0.717) is 11.3 Å². The van der Waals surface area contributed by atoms with Crippen LogP contribution >= 0.6 is 15.9 Å². The first kappa shape index (κ1) is 13.3. The molecule has 2 aromatic rings. The molecule has 0 saturated carbocycles. The van der Waals surface area contributed by atoms with Crippen molar-refractivity contribution in [2.45, 2.75) is 0 Å². The Balaban J connectivity index is 2.63. The van der Waals surface area contributed by atoms with Gasteiger partial charge in [0.15, 0.2) is 0 Å². The van der Waals surface area contributed by atoms with Crippen LogP contribution in [0.5, 0.6) is 0 Å². The number of nitrogens with zero attached hydrogens (tertiary/aromatic N) is 3. The standard InChI is InChI=1S/C13H10BrN3O2/c1-16-10(6-5-9-4-3-7-15-8-9)11(14)12(18)17(2)13(16)19/h3-4,7-8H,1-2H3. The number of hydrogen-bond acceptors (Lipinski definition) is 3. The van der Waals surface area contributed by atoms with Gasteiger partial charge in [-0.3, -0.25) is 18.9 Å². The van der Waals surface area contributed by atoms with Gasteiger partial charge >= 0.3 is 5.69 Å². The van der Waals surface area contributed by atoms with Gasteiger partial charge in [-0.2, -0.15) is 0 Å². The minimum atomic E-state index is -0.413. The molecule has 2 aromatic heterocycles. The van der Waals surface area contributed by atoms with Gasteiger partial charge in [-0.15, -0.1) is 0 Å². The van der Waals surface area contributed by atoms with Crippen LogP contribution in [0.25, 0.3) is 0 Å². The summed E-state index contributed by atoms with van der Waals surface area (Å²) in [6.45, 7) is 0. The summed E-state index contributed by atoms with van der Waals surface area (Å²) in [4.78, 5) is 27.5. The normalized spacial score (nSPS) is 9.84. The van der Waals surface area contributed by atoms with Gasteiger partial charge in [0.2, 0.25) is 0 Å². The third kappa shape index (κ3) is 2.51. The van der Waals surface area contributed by atoms with Crippen molar-refractivity contribution in [2.24, 2.45) is 14.1 Å². The second-order valence-corrected chi connectivity index (χ2v) is 4.65. The molecule has 0 atom stereocenters. The zero-order valence-electron chi connectivity index (χ0n) is 10.3. The van der Waals surface area contributed by atoms with Gasteiger partial charge in [0.05, 0.1) is 0 Å². The summed E-state index contributed by atoms with van der Waals surface area (Å²) in [5, 5.41) is 0. The van der Waals surface area contributed by atoms with E-state index < -0.39 is 11.2 Å². The molecule has 2 rings (SSSR count). The van der Waals surface area contributed by atoms with E-state index >= 15 is 0 Å². The Labute approximate surface area is 117 Å². The highest BCUT2D eigenvalue weighted by atomic mass is 79.9. The fourth-order valence-electron chi connectivity index (χ4n) is 1.51. The van der Waals surface area contributed by atoms with Gasteiger partial charge < -0.3 is 0 Å². The number of pyridine rings is 1. The molecular formula is C13H10BrN3O2. The summed E-state index contributed by atoms with van der Waals surface area (Å²) in [7, 11) is 2.99. The molecule has 0 amide bonds. The highest BCUT2D eigenvalue weighted by molar-refractivity contribution is 9.10. The fourth-order valence-corrected chi connectivity index (χ4v) is 2.14. The molecule has 19 heavy (non-hydrogen) atoms. The van der Waals surface area contributed by atoms with E-state index in [-0.39, 0.29) is 4.47 Å². The summed E-state index contributed by atoms with van der Waals surface area (Å²) >= 11 is 3.18. The third-order valence-corrected chi connectivity index (χ3v) is 3.31. The van der Waals surface area contributed by atoms with Gasteiger partial charge in [-0.05, 0) is 34.0 Å². The van der Waals surface area contributed by atoms with Crippen molar-refractivity contribution in [1.29, 1.82) is 0 Å². The van der Waals surface area contributed by atoms with Crippen LogP contribution in [0.2, 0.25) is 0 Å². The molecule has 0 saturated heterocycles. The molecule has 0 aliphatic rings. The Morgan fingerprint density at radius 3 is 2.58 bits per heavy atom. The molecule has 0 spiro atoms. The van der Waals surface area contributed by atoms with Gasteiger partial charge in [0.1, 0.15) is 10.2 Å². The molecule has 0 unspecified atom stereocenters. The Hall–Kier alpha value is -2.13. The van der Waals surface area contributed by atoms with Gasteiger partial charge in [-0.1, -0.05) is 5.92 Å². The Morgan fingerprint density at radius 2 is 1.95 bits per heavy atom. The largest absolute Gasteiger partial charge is 0.331 e. The average Bonchev–Trinajstić information content (AvgIpc) is 2.44. The van der Waals surface area contributed by atoms with Crippen LogP contribution in [0.15, 0.2) is 38.6 Å². The Morgan fingerprint density at radius 1 is 1.21 bits per heavy atom. The zero-order chi connectivity index (χ0) is 14.0. The van der Waals surface area contributed by atoms with Crippen LogP contribution in [0, 0.1) is 11.8 Å². The van der Waals surface area contributed by atoms with E-state index in [1.165, 1.54) is 11.6 Å². The smallest absolute Gasteiger partial charge is 0.288 e. The van der Waals surface area contributed by atoms with Crippen LogP contribution in [-0.4, -0.2) is 14.1 Å². The van der Waals surface area contributed by atoms with Crippen molar-refractivity contribution in [3.05, 3.63) is 61.1 Å². The van der Waals surface area contributed by atoms with Crippen molar-refractivity contribution >= 4 is 15.9 Å². The lowest BCUT2D eigenvalue weighted by atomic mass is 10.3. The van der Waals surface area contributed by atoms with Crippen LogP contribution in [0.4, 0.5) is 0 Å². The maximum atomic E-state index is 11.8. The molecule has 5 nitrogen and oxygen atoms in total. The Bertz CT molecular complexity index is 758.